The van der Waals surface area contributed by atoms with E-state index in [0.717, 1.165) is 12.1 Å². The summed E-state index contributed by atoms with van der Waals surface area (Å²) in [6, 6.07) is 3.55. The van der Waals surface area contributed by atoms with E-state index in [4.69, 9.17) is 5.26 Å². The van der Waals surface area contributed by atoms with Crippen molar-refractivity contribution in [2.45, 2.75) is 20.3 Å². The minimum atomic E-state index is -0.0463. The van der Waals surface area contributed by atoms with Gasteiger partial charge in [0.05, 0.1) is 11.8 Å². The van der Waals surface area contributed by atoms with E-state index in [0.29, 0.717) is 11.5 Å². The van der Waals surface area contributed by atoms with Gasteiger partial charge < -0.3 is 5.11 Å². The van der Waals surface area contributed by atoms with Gasteiger partial charge in [-0.15, -0.1) is 0 Å². The van der Waals surface area contributed by atoms with Crippen LogP contribution in [0.25, 0.3) is 0 Å². The molecule has 3 nitrogen and oxygen atoms in total. The largest absolute Gasteiger partial charge is 0.505 e. The van der Waals surface area contributed by atoms with Crippen molar-refractivity contribution >= 4 is 0 Å². The summed E-state index contributed by atoms with van der Waals surface area (Å²) in [7, 11) is 0. The zero-order valence-corrected chi connectivity index (χ0v) is 7.78. The van der Waals surface area contributed by atoms with Crippen LogP contribution in [0, 0.1) is 17.2 Å². The van der Waals surface area contributed by atoms with Crippen LogP contribution in [0.4, 0.5) is 0 Å². The first-order chi connectivity index (χ1) is 6.13. The highest BCUT2D eigenvalue weighted by molar-refractivity contribution is 5.41. The molecule has 0 fully saturated rings. The van der Waals surface area contributed by atoms with Crippen LogP contribution >= 0.6 is 0 Å². The monoisotopic (exact) mass is 176 g/mol. The molecule has 0 aliphatic heterocycles. The van der Waals surface area contributed by atoms with Gasteiger partial charge in [0, 0.05) is 5.69 Å². The molecule has 0 amide bonds. The topological polar surface area (TPSA) is 56.9 Å². The van der Waals surface area contributed by atoms with E-state index in [1.165, 1.54) is 6.20 Å². The highest BCUT2D eigenvalue weighted by Gasteiger charge is 2.04. The zero-order valence-electron chi connectivity index (χ0n) is 7.78. The van der Waals surface area contributed by atoms with E-state index >= 15 is 0 Å². The van der Waals surface area contributed by atoms with Crippen LogP contribution in [0.2, 0.25) is 0 Å². The van der Waals surface area contributed by atoms with Crippen LogP contribution in [0.3, 0.4) is 0 Å². The Morgan fingerprint density at radius 3 is 2.85 bits per heavy atom. The first-order valence-corrected chi connectivity index (χ1v) is 4.21. The molecule has 0 aliphatic carbocycles. The van der Waals surface area contributed by atoms with Crippen molar-refractivity contribution in [3.63, 3.8) is 0 Å². The van der Waals surface area contributed by atoms with Crippen LogP contribution in [-0.4, -0.2) is 10.1 Å². The van der Waals surface area contributed by atoms with Crippen molar-refractivity contribution in [3.8, 4) is 11.8 Å². The van der Waals surface area contributed by atoms with Gasteiger partial charge in [-0.2, -0.15) is 5.26 Å². The molecule has 68 valence electrons. The van der Waals surface area contributed by atoms with Gasteiger partial charge in [-0.25, -0.2) is 0 Å². The molecule has 1 aromatic rings. The predicted molar refractivity (Wildman–Crippen MR) is 49.2 cm³/mol. The molecule has 1 aromatic heterocycles. The first kappa shape index (κ1) is 9.53. The number of nitriles is 1. The maximum Gasteiger partial charge on any atom is 0.151 e. The highest BCUT2D eigenvalue weighted by Crippen LogP contribution is 2.16. The Hall–Kier alpha value is -1.56. The average Bonchev–Trinajstić information content (AvgIpc) is 2.07. The van der Waals surface area contributed by atoms with Gasteiger partial charge in [0.15, 0.2) is 5.75 Å². The fraction of sp³-hybridized carbons (Fsp3) is 0.400. The molecule has 1 rings (SSSR count). The number of aromatic nitrogens is 1. The molecular weight excluding hydrogens is 164 g/mol. The molecule has 0 bridgehead atoms. The SMILES string of the molecule is CC(C)Cc1cc(C#N)c(O)cn1. The molecule has 1 heterocycles. The van der Waals surface area contributed by atoms with Crippen LogP contribution in [0.1, 0.15) is 25.1 Å². The van der Waals surface area contributed by atoms with E-state index in [1.807, 2.05) is 6.07 Å². The van der Waals surface area contributed by atoms with Crippen molar-refractivity contribution in [2.24, 2.45) is 5.92 Å². The van der Waals surface area contributed by atoms with Gasteiger partial charge in [-0.3, -0.25) is 4.98 Å². The number of hydrogen-bond acceptors (Lipinski definition) is 3. The van der Waals surface area contributed by atoms with E-state index in [9.17, 15) is 5.11 Å². The van der Waals surface area contributed by atoms with Gasteiger partial charge in [0.2, 0.25) is 0 Å². The number of hydrogen-bond donors (Lipinski definition) is 1. The summed E-state index contributed by atoms with van der Waals surface area (Å²) >= 11 is 0. The third-order valence-corrected chi connectivity index (χ3v) is 1.68. The van der Waals surface area contributed by atoms with E-state index in [2.05, 4.69) is 18.8 Å². The first-order valence-electron chi connectivity index (χ1n) is 4.21. The quantitative estimate of drug-likeness (QED) is 0.748. The maximum absolute atomic E-state index is 9.18. The maximum atomic E-state index is 9.18. The van der Waals surface area contributed by atoms with Crippen LogP contribution in [0.15, 0.2) is 12.3 Å². The Morgan fingerprint density at radius 2 is 2.31 bits per heavy atom. The molecule has 0 saturated carbocycles. The summed E-state index contributed by atoms with van der Waals surface area (Å²) in [4.78, 5) is 4.03. The summed E-state index contributed by atoms with van der Waals surface area (Å²) in [6.07, 6.45) is 2.16. The second-order valence-electron chi connectivity index (χ2n) is 3.40. The number of nitrogens with zero attached hydrogens (tertiary/aromatic N) is 2. The Bertz CT molecular complexity index is 339. The fourth-order valence-electron chi connectivity index (χ4n) is 1.11. The lowest BCUT2D eigenvalue weighted by Crippen LogP contribution is -1.97. The average molecular weight is 176 g/mol. The Morgan fingerprint density at radius 1 is 1.62 bits per heavy atom. The summed E-state index contributed by atoms with van der Waals surface area (Å²) in [5.74, 6) is 0.457. The summed E-state index contributed by atoms with van der Waals surface area (Å²) in [6.45, 7) is 4.17. The van der Waals surface area contributed by atoms with Crippen LogP contribution in [0.5, 0.6) is 5.75 Å². The molecule has 1 N–H and O–H groups in total. The van der Waals surface area contributed by atoms with Crippen molar-refractivity contribution in [3.05, 3.63) is 23.5 Å². The molecule has 0 spiro atoms. The van der Waals surface area contributed by atoms with E-state index < -0.39 is 0 Å². The van der Waals surface area contributed by atoms with E-state index in [1.54, 1.807) is 6.07 Å². The summed E-state index contributed by atoms with van der Waals surface area (Å²) in [5.41, 5.74) is 1.15. The normalized spacial score (nSPS) is 10.0. The van der Waals surface area contributed by atoms with Crippen LogP contribution < -0.4 is 0 Å². The van der Waals surface area contributed by atoms with Gasteiger partial charge in [-0.05, 0) is 18.4 Å². The van der Waals surface area contributed by atoms with Crippen LogP contribution in [-0.2, 0) is 6.42 Å². The smallest absolute Gasteiger partial charge is 0.151 e. The Kier molecular flexibility index (Phi) is 2.86. The van der Waals surface area contributed by atoms with Gasteiger partial charge in [0.25, 0.3) is 0 Å². The summed E-state index contributed by atoms with van der Waals surface area (Å²) < 4.78 is 0. The van der Waals surface area contributed by atoms with Crippen molar-refractivity contribution in [2.75, 3.05) is 0 Å². The van der Waals surface area contributed by atoms with Crippen molar-refractivity contribution < 1.29 is 5.11 Å². The third-order valence-electron chi connectivity index (χ3n) is 1.68. The van der Waals surface area contributed by atoms with E-state index in [-0.39, 0.29) is 5.75 Å². The summed E-state index contributed by atoms with van der Waals surface area (Å²) in [5, 5.41) is 17.8. The Labute approximate surface area is 77.7 Å². The van der Waals surface area contributed by atoms with Gasteiger partial charge >= 0.3 is 0 Å². The molecule has 0 aromatic carbocycles. The lowest BCUT2D eigenvalue weighted by Gasteiger charge is -2.04. The number of rotatable bonds is 2. The molecule has 0 radical (unpaired) electrons. The molecule has 13 heavy (non-hydrogen) atoms. The molecular formula is C10H12N2O. The molecule has 0 saturated heterocycles. The van der Waals surface area contributed by atoms with Crippen molar-refractivity contribution in [1.82, 2.24) is 4.98 Å². The second kappa shape index (κ2) is 3.90. The third kappa shape index (κ3) is 2.45. The second-order valence-corrected chi connectivity index (χ2v) is 3.40. The molecule has 0 atom stereocenters. The van der Waals surface area contributed by atoms with Gasteiger partial charge in [0.1, 0.15) is 6.07 Å². The predicted octanol–water partition coefficient (Wildman–Crippen LogP) is 1.86. The zero-order chi connectivity index (χ0) is 9.84. The lowest BCUT2D eigenvalue weighted by atomic mass is 10.1. The van der Waals surface area contributed by atoms with Gasteiger partial charge in [-0.1, -0.05) is 13.8 Å². The Balaban J connectivity index is 2.95. The molecule has 3 heteroatoms. The standard InChI is InChI=1S/C10H12N2O/c1-7(2)3-9-4-8(5-11)10(13)6-12-9/h4,6-7,13H,3H2,1-2H3. The minimum absolute atomic E-state index is 0.0463. The molecule has 0 unspecified atom stereocenters. The number of aromatic hydroxyl groups is 1. The molecule has 0 aliphatic rings. The number of pyridine rings is 1. The lowest BCUT2D eigenvalue weighted by molar-refractivity contribution is 0.469. The highest BCUT2D eigenvalue weighted by atomic mass is 16.3. The van der Waals surface area contributed by atoms with Crippen molar-refractivity contribution in [1.29, 1.82) is 5.26 Å². The fourth-order valence-corrected chi connectivity index (χ4v) is 1.11. The minimum Gasteiger partial charge on any atom is -0.505 e.